The molecule has 47 heavy (non-hydrogen) atoms. The number of aromatic hydroxyl groups is 1. The summed E-state index contributed by atoms with van der Waals surface area (Å²) in [6.07, 6.45) is 7.88. The van der Waals surface area contributed by atoms with Gasteiger partial charge in [-0.2, -0.15) is 0 Å². The van der Waals surface area contributed by atoms with Crippen molar-refractivity contribution < 1.29 is 30.0 Å². The van der Waals surface area contributed by atoms with Crippen molar-refractivity contribution in [3.63, 3.8) is 0 Å². The number of rotatable bonds is 3. The van der Waals surface area contributed by atoms with E-state index in [-0.39, 0.29) is 28.4 Å². The Kier molecular flexibility index (Phi) is 6.03. The molecule has 4 aliphatic carbocycles. The minimum atomic E-state index is -0.997. The third-order valence-corrected chi connectivity index (χ3v) is 14.0. The first kappa shape index (κ1) is 31.2. The zero-order valence-corrected chi connectivity index (χ0v) is 29.0. The maximum atomic E-state index is 12.2. The van der Waals surface area contributed by atoms with E-state index in [4.69, 9.17) is 4.74 Å². The molecular weight excluding hydrogens is 590 g/mol. The largest absolute Gasteiger partial charge is 0.505 e. The Morgan fingerprint density at radius 3 is 2.45 bits per heavy atom. The number of ether oxygens (including phenoxy) is 1. The molecule has 3 aromatic rings. The van der Waals surface area contributed by atoms with Gasteiger partial charge in [-0.05, 0) is 118 Å². The first-order chi connectivity index (χ1) is 21.8. The number of aliphatic hydroxyl groups excluding tert-OH is 2. The number of nitrogens with zero attached hydrogens (tertiary/aromatic N) is 1. The lowest BCUT2D eigenvalue weighted by molar-refractivity contribution is -0.145. The van der Waals surface area contributed by atoms with Gasteiger partial charge in [-0.1, -0.05) is 33.4 Å². The van der Waals surface area contributed by atoms with E-state index in [2.05, 4.69) is 64.7 Å². The van der Waals surface area contributed by atoms with Crippen molar-refractivity contribution in [2.24, 2.45) is 28.6 Å². The second-order valence-corrected chi connectivity index (χ2v) is 17.3. The van der Waals surface area contributed by atoms with Crippen LogP contribution in [0.2, 0.25) is 0 Å². The summed E-state index contributed by atoms with van der Waals surface area (Å²) in [6, 6.07) is 2.29. The molecule has 2 aromatic heterocycles. The van der Waals surface area contributed by atoms with Crippen LogP contribution in [0.5, 0.6) is 5.75 Å². The number of carboxylic acid groups (broad SMARTS) is 1. The minimum absolute atomic E-state index is 0.0588. The smallest absolute Gasteiger partial charge is 0.327 e. The maximum absolute atomic E-state index is 12.2. The number of aliphatic carboxylic acids is 1. The summed E-state index contributed by atoms with van der Waals surface area (Å²) in [5.41, 5.74) is 5.40. The highest BCUT2D eigenvalue weighted by Gasteiger charge is 2.67. The fraction of sp³-hybridized carbons (Fsp3) is 0.575. The Balaban J connectivity index is 1.43. The Hall–Kier alpha value is -3.13. The van der Waals surface area contributed by atoms with Gasteiger partial charge in [0.25, 0.3) is 0 Å². The van der Waals surface area contributed by atoms with Crippen molar-refractivity contribution in [3.05, 3.63) is 59.0 Å². The maximum Gasteiger partial charge on any atom is 0.327 e. The van der Waals surface area contributed by atoms with Gasteiger partial charge in [-0.15, -0.1) is 0 Å². The molecule has 3 heterocycles. The van der Waals surface area contributed by atoms with E-state index in [9.17, 15) is 25.2 Å². The molecule has 7 heteroatoms. The minimum Gasteiger partial charge on any atom is -0.505 e. The molecule has 2 unspecified atom stereocenters. The van der Waals surface area contributed by atoms with Crippen LogP contribution >= 0.6 is 0 Å². The van der Waals surface area contributed by atoms with Gasteiger partial charge in [0, 0.05) is 44.9 Å². The van der Waals surface area contributed by atoms with Crippen molar-refractivity contribution in [3.8, 4) is 5.75 Å². The lowest BCUT2D eigenvalue weighted by Gasteiger charge is -2.64. The SMILES string of the molecule is C=C(C)c1c(O)c2c3c(cc4c5c(n1c42)[C@@]1(C)C(CC[C@H]2[C@](C)(C=CC(=O)O)[C@@H](O)CC[C@@]21C)C5)C1=CC(C)(C)OC(C)(C)C1[C@@H]3O. The van der Waals surface area contributed by atoms with E-state index in [1.165, 1.54) is 17.3 Å². The van der Waals surface area contributed by atoms with E-state index >= 15 is 0 Å². The fourth-order valence-corrected chi connectivity index (χ4v) is 12.2. The standard InChI is InChI=1S/C40H49NO6/c1-19(2)31-34(46)29-28-21(24-18-36(3,4)47-37(5,6)30(24)33(28)45)17-22-23-16-20-10-11-25-38(7,14-13-27(43)44)26(42)12-15-39(25,8)40(20,9)35(23)41(31)32(22)29/h13-14,17-18,20,25-26,30,33,42,45-46H,1,10-12,15-16H2,2-9H3,(H,43,44)/t20?,25-,26-,30?,33+,38-,39-,40+/m0/s1. The first-order valence-corrected chi connectivity index (χ1v) is 17.4. The molecule has 8 rings (SSSR count). The van der Waals surface area contributed by atoms with E-state index in [1.807, 2.05) is 13.8 Å². The van der Waals surface area contributed by atoms with Gasteiger partial charge in [-0.25, -0.2) is 4.79 Å². The van der Waals surface area contributed by atoms with Crippen LogP contribution in [0, 0.1) is 28.6 Å². The Morgan fingerprint density at radius 1 is 1.09 bits per heavy atom. The van der Waals surface area contributed by atoms with Gasteiger partial charge in [-0.3, -0.25) is 0 Å². The lowest BCUT2D eigenvalue weighted by atomic mass is 9.40. The van der Waals surface area contributed by atoms with Crippen LogP contribution in [0.1, 0.15) is 115 Å². The van der Waals surface area contributed by atoms with E-state index in [0.717, 1.165) is 58.9 Å². The second-order valence-electron chi connectivity index (χ2n) is 17.3. The van der Waals surface area contributed by atoms with Gasteiger partial charge < -0.3 is 29.6 Å². The van der Waals surface area contributed by atoms with E-state index < -0.39 is 34.8 Å². The third-order valence-electron chi connectivity index (χ3n) is 14.0. The molecule has 7 nitrogen and oxygen atoms in total. The predicted octanol–water partition coefficient (Wildman–Crippen LogP) is 7.55. The van der Waals surface area contributed by atoms with Crippen molar-refractivity contribution in [1.29, 1.82) is 0 Å². The van der Waals surface area contributed by atoms with Gasteiger partial charge in [0.2, 0.25) is 0 Å². The van der Waals surface area contributed by atoms with Crippen LogP contribution in [0.15, 0.2) is 30.9 Å². The summed E-state index contributed by atoms with van der Waals surface area (Å²) in [6.45, 7) is 21.3. The molecule has 0 spiro atoms. The highest BCUT2D eigenvalue weighted by molar-refractivity contribution is 6.11. The Bertz CT molecular complexity index is 1980. The van der Waals surface area contributed by atoms with Crippen LogP contribution in [-0.2, 0) is 21.4 Å². The number of hydrogen-bond donors (Lipinski definition) is 4. The van der Waals surface area contributed by atoms with Gasteiger partial charge in [0.15, 0.2) is 0 Å². The van der Waals surface area contributed by atoms with Crippen LogP contribution in [0.25, 0.3) is 27.4 Å². The van der Waals surface area contributed by atoms with E-state index in [1.54, 1.807) is 6.08 Å². The average Bonchev–Trinajstić information content (AvgIpc) is 3.62. The van der Waals surface area contributed by atoms with Gasteiger partial charge >= 0.3 is 5.97 Å². The number of allylic oxidation sites excluding steroid dienone is 1. The molecule has 2 fully saturated rings. The zero-order chi connectivity index (χ0) is 34.0. The summed E-state index contributed by atoms with van der Waals surface area (Å²) in [4.78, 5) is 11.7. The zero-order valence-electron chi connectivity index (χ0n) is 29.0. The number of carbonyl (C=O) groups is 1. The number of aliphatic hydroxyl groups is 2. The number of hydrogen-bond acceptors (Lipinski definition) is 5. The molecule has 0 radical (unpaired) electrons. The summed E-state index contributed by atoms with van der Waals surface area (Å²) in [5.74, 6) is -0.673. The van der Waals surface area contributed by atoms with Crippen LogP contribution in [0.4, 0.5) is 0 Å². The number of benzene rings is 1. The molecule has 8 atom stereocenters. The van der Waals surface area contributed by atoms with Gasteiger partial charge in [0.05, 0.1) is 34.6 Å². The number of carboxylic acids is 1. The van der Waals surface area contributed by atoms with Crippen molar-refractivity contribution in [2.45, 2.75) is 116 Å². The highest BCUT2D eigenvalue weighted by Crippen LogP contribution is 2.71. The second kappa shape index (κ2) is 9.10. The molecule has 1 aromatic carbocycles. The molecule has 0 bridgehead atoms. The molecule has 2 saturated carbocycles. The fourth-order valence-electron chi connectivity index (χ4n) is 12.2. The molecule has 0 saturated heterocycles. The Morgan fingerprint density at radius 2 is 1.79 bits per heavy atom. The molecule has 1 aliphatic heterocycles. The number of fused-ring (bicyclic) bond motifs is 11. The van der Waals surface area contributed by atoms with E-state index in [0.29, 0.717) is 23.4 Å². The molecule has 5 aliphatic rings. The monoisotopic (exact) mass is 639 g/mol. The van der Waals surface area contributed by atoms with Crippen molar-refractivity contribution >= 4 is 33.4 Å². The van der Waals surface area contributed by atoms with Crippen LogP contribution in [-0.4, -0.2) is 48.1 Å². The Labute approximate surface area is 277 Å². The van der Waals surface area contributed by atoms with Crippen molar-refractivity contribution in [1.82, 2.24) is 4.40 Å². The van der Waals surface area contributed by atoms with Crippen LogP contribution in [0.3, 0.4) is 0 Å². The predicted molar refractivity (Wildman–Crippen MR) is 184 cm³/mol. The van der Waals surface area contributed by atoms with Gasteiger partial charge in [0.1, 0.15) is 5.75 Å². The normalized spacial score (nSPS) is 38.3. The topological polar surface area (TPSA) is 112 Å². The first-order valence-electron chi connectivity index (χ1n) is 17.4. The van der Waals surface area contributed by atoms with Crippen molar-refractivity contribution in [2.75, 3.05) is 0 Å². The molecule has 4 N–H and O–H groups in total. The summed E-state index contributed by atoms with van der Waals surface area (Å²) in [7, 11) is 0. The summed E-state index contributed by atoms with van der Waals surface area (Å²) < 4.78 is 8.80. The lowest BCUT2D eigenvalue weighted by Crippen LogP contribution is -2.62. The molecular formula is C40H49NO6. The van der Waals surface area contributed by atoms with Crippen LogP contribution < -0.4 is 0 Å². The highest BCUT2D eigenvalue weighted by atomic mass is 16.5. The average molecular weight is 640 g/mol. The molecule has 0 amide bonds. The quantitative estimate of drug-likeness (QED) is 0.220. The summed E-state index contributed by atoms with van der Waals surface area (Å²) in [5, 5.41) is 47.2. The number of aromatic nitrogens is 1. The third kappa shape index (κ3) is 3.56. The molecule has 250 valence electrons. The summed E-state index contributed by atoms with van der Waals surface area (Å²) >= 11 is 0.